The standard InChI is InChI=1S/C14H21NO2/c1-10(15-13-7-4-8-14(13)16)11-5-3-6-12(9-11)17-2/h3,5-6,9-10,13-16H,4,7-8H2,1-2H3/t10-,13-,14-/m0/s1. The van der Waals surface area contributed by atoms with Crippen LogP contribution in [-0.4, -0.2) is 24.4 Å². The molecule has 0 amide bonds. The lowest BCUT2D eigenvalue weighted by Crippen LogP contribution is -2.37. The molecule has 1 fully saturated rings. The molecule has 1 saturated carbocycles. The molecule has 3 nitrogen and oxygen atoms in total. The van der Waals surface area contributed by atoms with Gasteiger partial charge in [0.05, 0.1) is 13.2 Å². The molecule has 94 valence electrons. The number of aliphatic hydroxyl groups excluding tert-OH is 1. The zero-order valence-corrected chi connectivity index (χ0v) is 10.5. The van der Waals surface area contributed by atoms with Crippen LogP contribution < -0.4 is 10.1 Å². The lowest BCUT2D eigenvalue weighted by Gasteiger charge is -2.22. The summed E-state index contributed by atoms with van der Waals surface area (Å²) < 4.78 is 5.22. The highest BCUT2D eigenvalue weighted by Gasteiger charge is 2.26. The molecule has 0 aromatic heterocycles. The Morgan fingerprint density at radius 1 is 1.41 bits per heavy atom. The van der Waals surface area contributed by atoms with Crippen molar-refractivity contribution in [2.45, 2.75) is 44.4 Å². The van der Waals surface area contributed by atoms with Gasteiger partial charge in [-0.2, -0.15) is 0 Å². The van der Waals surface area contributed by atoms with E-state index in [1.807, 2.05) is 18.2 Å². The van der Waals surface area contributed by atoms with E-state index in [2.05, 4.69) is 18.3 Å². The van der Waals surface area contributed by atoms with Gasteiger partial charge in [-0.25, -0.2) is 0 Å². The van der Waals surface area contributed by atoms with Crippen molar-refractivity contribution in [3.05, 3.63) is 29.8 Å². The third-order valence-corrected chi connectivity index (χ3v) is 3.54. The van der Waals surface area contributed by atoms with Crippen molar-refractivity contribution in [1.82, 2.24) is 5.32 Å². The van der Waals surface area contributed by atoms with E-state index >= 15 is 0 Å². The first kappa shape index (κ1) is 12.4. The van der Waals surface area contributed by atoms with E-state index in [9.17, 15) is 5.11 Å². The van der Waals surface area contributed by atoms with Gasteiger partial charge in [0.15, 0.2) is 0 Å². The van der Waals surface area contributed by atoms with Crippen LogP contribution in [0, 0.1) is 0 Å². The van der Waals surface area contributed by atoms with E-state index in [0.29, 0.717) is 0 Å². The molecule has 3 atom stereocenters. The van der Waals surface area contributed by atoms with Gasteiger partial charge in [0.2, 0.25) is 0 Å². The molecule has 0 unspecified atom stereocenters. The minimum absolute atomic E-state index is 0.192. The molecule has 0 spiro atoms. The number of benzene rings is 1. The number of nitrogens with one attached hydrogen (secondary N) is 1. The fraction of sp³-hybridized carbons (Fsp3) is 0.571. The average molecular weight is 235 g/mol. The van der Waals surface area contributed by atoms with Crippen molar-refractivity contribution in [2.24, 2.45) is 0 Å². The van der Waals surface area contributed by atoms with Crippen molar-refractivity contribution in [1.29, 1.82) is 0 Å². The highest BCUT2D eigenvalue weighted by atomic mass is 16.5. The van der Waals surface area contributed by atoms with E-state index < -0.39 is 0 Å². The van der Waals surface area contributed by atoms with Crippen LogP contribution in [0.4, 0.5) is 0 Å². The van der Waals surface area contributed by atoms with E-state index in [1.54, 1.807) is 7.11 Å². The monoisotopic (exact) mass is 235 g/mol. The Labute approximate surface area is 103 Å². The molecule has 0 bridgehead atoms. The maximum absolute atomic E-state index is 9.80. The van der Waals surface area contributed by atoms with Crippen LogP contribution >= 0.6 is 0 Å². The van der Waals surface area contributed by atoms with Crippen LogP contribution in [0.2, 0.25) is 0 Å². The summed E-state index contributed by atoms with van der Waals surface area (Å²) in [6.45, 7) is 2.12. The number of hydrogen-bond acceptors (Lipinski definition) is 3. The number of ether oxygens (including phenoxy) is 1. The Hall–Kier alpha value is -1.06. The quantitative estimate of drug-likeness (QED) is 0.841. The third-order valence-electron chi connectivity index (χ3n) is 3.54. The molecule has 3 heteroatoms. The van der Waals surface area contributed by atoms with Gasteiger partial charge in [0.25, 0.3) is 0 Å². The van der Waals surface area contributed by atoms with Crippen LogP contribution in [0.15, 0.2) is 24.3 Å². The molecule has 2 N–H and O–H groups in total. The number of aliphatic hydroxyl groups is 1. The molecule has 1 aliphatic rings. The number of methoxy groups -OCH3 is 1. The Bertz CT molecular complexity index is 367. The highest BCUT2D eigenvalue weighted by molar-refractivity contribution is 5.30. The van der Waals surface area contributed by atoms with E-state index in [1.165, 1.54) is 5.56 Å². The summed E-state index contributed by atoms with van der Waals surface area (Å²) in [5.41, 5.74) is 1.20. The summed E-state index contributed by atoms with van der Waals surface area (Å²) in [5.74, 6) is 0.878. The summed E-state index contributed by atoms with van der Waals surface area (Å²) in [6.07, 6.45) is 2.91. The molecular formula is C14H21NO2. The summed E-state index contributed by atoms with van der Waals surface area (Å²) >= 11 is 0. The fourth-order valence-electron chi connectivity index (χ4n) is 2.46. The summed E-state index contributed by atoms with van der Waals surface area (Å²) in [7, 11) is 1.68. The third kappa shape index (κ3) is 2.99. The lowest BCUT2D eigenvalue weighted by atomic mass is 10.1. The van der Waals surface area contributed by atoms with Crippen LogP contribution in [0.5, 0.6) is 5.75 Å². The first-order valence-electron chi connectivity index (χ1n) is 6.29. The first-order chi connectivity index (χ1) is 8.20. The van der Waals surface area contributed by atoms with Gasteiger partial charge in [-0.05, 0) is 43.9 Å². The van der Waals surface area contributed by atoms with Crippen LogP contribution in [0.1, 0.15) is 37.8 Å². The predicted molar refractivity (Wildman–Crippen MR) is 68.2 cm³/mol. The molecule has 0 radical (unpaired) electrons. The smallest absolute Gasteiger partial charge is 0.119 e. The van der Waals surface area contributed by atoms with Gasteiger partial charge in [0.1, 0.15) is 5.75 Å². The molecule has 2 rings (SSSR count). The minimum Gasteiger partial charge on any atom is -0.497 e. The van der Waals surface area contributed by atoms with Crippen molar-refractivity contribution < 1.29 is 9.84 Å². The Morgan fingerprint density at radius 3 is 2.88 bits per heavy atom. The molecular weight excluding hydrogens is 214 g/mol. The highest BCUT2D eigenvalue weighted by Crippen LogP contribution is 2.24. The van der Waals surface area contributed by atoms with Gasteiger partial charge < -0.3 is 15.2 Å². The van der Waals surface area contributed by atoms with E-state index in [0.717, 1.165) is 25.0 Å². The molecule has 0 saturated heterocycles. The zero-order chi connectivity index (χ0) is 12.3. The van der Waals surface area contributed by atoms with Gasteiger partial charge in [-0.15, -0.1) is 0 Å². The number of rotatable bonds is 4. The van der Waals surface area contributed by atoms with Crippen molar-refractivity contribution >= 4 is 0 Å². The SMILES string of the molecule is COc1cccc([C@H](C)N[C@H]2CCC[C@@H]2O)c1. The van der Waals surface area contributed by atoms with Gasteiger partial charge in [0, 0.05) is 12.1 Å². The second kappa shape index (κ2) is 5.52. The van der Waals surface area contributed by atoms with Gasteiger partial charge in [-0.1, -0.05) is 12.1 Å². The van der Waals surface area contributed by atoms with Crippen molar-refractivity contribution in [3.63, 3.8) is 0 Å². The second-order valence-corrected chi connectivity index (χ2v) is 4.77. The first-order valence-corrected chi connectivity index (χ1v) is 6.29. The molecule has 1 aromatic carbocycles. The minimum atomic E-state index is -0.192. The van der Waals surface area contributed by atoms with Crippen LogP contribution in [0.25, 0.3) is 0 Å². The summed E-state index contributed by atoms with van der Waals surface area (Å²) in [5, 5.41) is 13.3. The van der Waals surface area contributed by atoms with Crippen LogP contribution in [0.3, 0.4) is 0 Å². The Morgan fingerprint density at radius 2 is 2.24 bits per heavy atom. The molecule has 1 aliphatic carbocycles. The zero-order valence-electron chi connectivity index (χ0n) is 10.5. The average Bonchev–Trinajstić information content (AvgIpc) is 2.75. The molecule has 0 heterocycles. The molecule has 1 aromatic rings. The maximum Gasteiger partial charge on any atom is 0.119 e. The topological polar surface area (TPSA) is 41.5 Å². The summed E-state index contributed by atoms with van der Waals surface area (Å²) in [6, 6.07) is 8.54. The lowest BCUT2D eigenvalue weighted by molar-refractivity contribution is 0.144. The Balaban J connectivity index is 2.00. The van der Waals surface area contributed by atoms with Crippen molar-refractivity contribution in [2.75, 3.05) is 7.11 Å². The van der Waals surface area contributed by atoms with E-state index in [4.69, 9.17) is 4.74 Å². The predicted octanol–water partition coefficient (Wildman–Crippen LogP) is 2.26. The molecule has 0 aliphatic heterocycles. The fourth-order valence-corrected chi connectivity index (χ4v) is 2.46. The van der Waals surface area contributed by atoms with Gasteiger partial charge in [-0.3, -0.25) is 0 Å². The second-order valence-electron chi connectivity index (χ2n) is 4.77. The Kier molecular flexibility index (Phi) is 4.02. The number of hydrogen-bond donors (Lipinski definition) is 2. The van der Waals surface area contributed by atoms with Crippen LogP contribution in [-0.2, 0) is 0 Å². The van der Waals surface area contributed by atoms with Gasteiger partial charge >= 0.3 is 0 Å². The largest absolute Gasteiger partial charge is 0.497 e. The van der Waals surface area contributed by atoms with Crippen molar-refractivity contribution in [3.8, 4) is 5.75 Å². The maximum atomic E-state index is 9.80. The summed E-state index contributed by atoms with van der Waals surface area (Å²) in [4.78, 5) is 0. The van der Waals surface area contributed by atoms with E-state index in [-0.39, 0.29) is 18.2 Å². The molecule has 17 heavy (non-hydrogen) atoms. The normalized spacial score (nSPS) is 25.8.